The van der Waals surface area contributed by atoms with Crippen molar-refractivity contribution in [3.8, 4) is 0 Å². The molecule has 0 saturated heterocycles. The Labute approximate surface area is 104 Å². The number of hydrogen-bond acceptors (Lipinski definition) is 2. The summed E-state index contributed by atoms with van der Waals surface area (Å²) < 4.78 is 0. The molecule has 3 rings (SSSR count). The van der Waals surface area contributed by atoms with E-state index in [9.17, 15) is 10.2 Å². The summed E-state index contributed by atoms with van der Waals surface area (Å²) >= 11 is 0. The molecule has 3 saturated carbocycles. The van der Waals surface area contributed by atoms with Gasteiger partial charge in [0.25, 0.3) is 0 Å². The Bertz CT molecular complexity index is 373. The molecule has 96 valence electrons. The molecule has 0 aromatic rings. The molecule has 3 aliphatic rings. The highest BCUT2D eigenvalue weighted by Crippen LogP contribution is 2.69. The first kappa shape index (κ1) is 11.7. The molecule has 2 heteroatoms. The fraction of sp³-hybridized carbons (Fsp3) is 0.867. The van der Waals surface area contributed by atoms with Gasteiger partial charge in [-0.15, -0.1) is 0 Å². The third-order valence-electron chi connectivity index (χ3n) is 6.25. The van der Waals surface area contributed by atoms with Gasteiger partial charge in [0.15, 0.2) is 0 Å². The van der Waals surface area contributed by atoms with E-state index in [0.717, 1.165) is 24.8 Å². The van der Waals surface area contributed by atoms with Crippen molar-refractivity contribution >= 4 is 0 Å². The first-order chi connectivity index (χ1) is 7.80. The minimum Gasteiger partial charge on any atom is -0.392 e. The second kappa shape index (κ2) is 3.16. The summed E-state index contributed by atoms with van der Waals surface area (Å²) in [6, 6.07) is 0. The first-order valence-electron chi connectivity index (χ1n) is 6.85. The van der Waals surface area contributed by atoms with Gasteiger partial charge in [0.05, 0.1) is 12.2 Å². The Morgan fingerprint density at radius 3 is 2.53 bits per heavy atom. The molecule has 2 nitrogen and oxygen atoms in total. The maximum absolute atomic E-state index is 10.5. The van der Waals surface area contributed by atoms with Gasteiger partial charge in [-0.2, -0.15) is 0 Å². The molecule has 0 spiro atoms. The highest BCUT2D eigenvalue weighted by molar-refractivity contribution is 5.33. The number of aliphatic hydroxyl groups excluding tert-OH is 2. The van der Waals surface area contributed by atoms with E-state index in [2.05, 4.69) is 27.4 Å². The third kappa shape index (κ3) is 1.18. The average Bonchev–Trinajstić information content (AvgIpc) is 2.68. The molecule has 0 aromatic heterocycles. The standard InChI is InChI=1S/C15H24O2/c1-8-12-10(16)7-9-13(12)14(2,3)6-5-11(17)15(8,9)4/h9-13,16-17H,1,5-7H2,2-4H3/t9-,10+,11-,12?,13?,15-/m1/s1. The second-order valence-electron chi connectivity index (χ2n) is 7.31. The predicted molar refractivity (Wildman–Crippen MR) is 67.4 cm³/mol. The van der Waals surface area contributed by atoms with Gasteiger partial charge >= 0.3 is 0 Å². The molecular formula is C15H24O2. The van der Waals surface area contributed by atoms with E-state index >= 15 is 0 Å². The number of aliphatic hydroxyl groups is 2. The van der Waals surface area contributed by atoms with E-state index in [-0.39, 0.29) is 29.0 Å². The van der Waals surface area contributed by atoms with E-state index in [4.69, 9.17) is 0 Å². The molecule has 0 aromatic carbocycles. The van der Waals surface area contributed by atoms with Crippen molar-refractivity contribution < 1.29 is 10.2 Å². The lowest BCUT2D eigenvalue weighted by molar-refractivity contribution is 0.00396. The SMILES string of the molecule is C=C1C2C3[C@@H](C[C@@H]2O)[C@]1(C)[C@H](O)CCC3(C)C. The summed E-state index contributed by atoms with van der Waals surface area (Å²) in [5.41, 5.74) is 1.18. The van der Waals surface area contributed by atoms with Crippen LogP contribution in [-0.2, 0) is 0 Å². The van der Waals surface area contributed by atoms with Gasteiger partial charge in [-0.05, 0) is 36.5 Å². The second-order valence-corrected chi connectivity index (χ2v) is 7.31. The van der Waals surface area contributed by atoms with Crippen LogP contribution in [0.5, 0.6) is 0 Å². The summed E-state index contributed by atoms with van der Waals surface area (Å²) in [5.74, 6) is 1.14. The summed E-state index contributed by atoms with van der Waals surface area (Å²) in [5, 5.41) is 20.7. The van der Waals surface area contributed by atoms with Crippen LogP contribution >= 0.6 is 0 Å². The molecule has 6 atom stereocenters. The van der Waals surface area contributed by atoms with Gasteiger partial charge in [-0.25, -0.2) is 0 Å². The lowest BCUT2D eigenvalue weighted by Gasteiger charge is -2.41. The molecule has 0 amide bonds. The molecule has 2 N–H and O–H groups in total. The van der Waals surface area contributed by atoms with Gasteiger partial charge in [-0.3, -0.25) is 0 Å². The number of rotatable bonds is 0. The van der Waals surface area contributed by atoms with E-state index in [1.54, 1.807) is 0 Å². The van der Waals surface area contributed by atoms with Crippen LogP contribution in [0.15, 0.2) is 12.2 Å². The van der Waals surface area contributed by atoms with Crippen LogP contribution in [0.2, 0.25) is 0 Å². The third-order valence-corrected chi connectivity index (χ3v) is 6.25. The van der Waals surface area contributed by atoms with Gasteiger partial charge in [-0.1, -0.05) is 32.9 Å². The van der Waals surface area contributed by atoms with Crippen LogP contribution in [0.1, 0.15) is 40.0 Å². The van der Waals surface area contributed by atoms with E-state index in [1.807, 2.05) is 0 Å². The largest absolute Gasteiger partial charge is 0.392 e. The van der Waals surface area contributed by atoms with Crippen LogP contribution < -0.4 is 0 Å². The summed E-state index contributed by atoms with van der Waals surface area (Å²) in [4.78, 5) is 0. The van der Waals surface area contributed by atoms with Gasteiger partial charge in [0.1, 0.15) is 0 Å². The van der Waals surface area contributed by atoms with Gasteiger partial charge in [0.2, 0.25) is 0 Å². The minimum absolute atomic E-state index is 0.150. The highest BCUT2D eigenvalue weighted by Gasteiger charge is 2.67. The Morgan fingerprint density at radius 2 is 1.88 bits per heavy atom. The van der Waals surface area contributed by atoms with Crippen LogP contribution in [0.25, 0.3) is 0 Å². The maximum Gasteiger partial charge on any atom is 0.0633 e. The van der Waals surface area contributed by atoms with Crippen molar-refractivity contribution in [2.45, 2.75) is 52.2 Å². The van der Waals surface area contributed by atoms with Crippen molar-refractivity contribution in [3.05, 3.63) is 12.2 Å². The van der Waals surface area contributed by atoms with Crippen LogP contribution in [0.3, 0.4) is 0 Å². The van der Waals surface area contributed by atoms with Crippen molar-refractivity contribution in [1.82, 2.24) is 0 Å². The first-order valence-corrected chi connectivity index (χ1v) is 6.85. The summed E-state index contributed by atoms with van der Waals surface area (Å²) in [6.45, 7) is 11.0. The Hall–Kier alpha value is -0.340. The maximum atomic E-state index is 10.5. The fourth-order valence-electron chi connectivity index (χ4n) is 5.17. The number of hydrogen-bond donors (Lipinski definition) is 2. The Morgan fingerprint density at radius 1 is 1.24 bits per heavy atom. The molecule has 0 aliphatic heterocycles. The minimum atomic E-state index is -0.276. The molecule has 0 radical (unpaired) electrons. The topological polar surface area (TPSA) is 40.5 Å². The molecular weight excluding hydrogens is 212 g/mol. The molecule has 2 unspecified atom stereocenters. The summed E-state index contributed by atoms with van der Waals surface area (Å²) in [6.07, 6.45) is 2.28. The summed E-state index contributed by atoms with van der Waals surface area (Å²) in [7, 11) is 0. The van der Waals surface area contributed by atoms with Crippen molar-refractivity contribution in [2.24, 2.45) is 28.6 Å². The fourth-order valence-corrected chi connectivity index (χ4v) is 5.17. The zero-order valence-corrected chi connectivity index (χ0v) is 11.1. The Kier molecular flexibility index (Phi) is 2.18. The quantitative estimate of drug-likeness (QED) is 0.634. The zero-order chi connectivity index (χ0) is 12.6. The monoisotopic (exact) mass is 236 g/mol. The van der Waals surface area contributed by atoms with Crippen LogP contribution in [-0.4, -0.2) is 22.4 Å². The predicted octanol–water partition coefficient (Wildman–Crippen LogP) is 2.36. The van der Waals surface area contributed by atoms with Gasteiger partial charge in [0, 0.05) is 11.3 Å². The van der Waals surface area contributed by atoms with Gasteiger partial charge < -0.3 is 10.2 Å². The average molecular weight is 236 g/mol. The zero-order valence-electron chi connectivity index (χ0n) is 11.1. The lowest BCUT2D eigenvalue weighted by Crippen LogP contribution is -2.41. The normalized spacial score (nSPS) is 56.1. The van der Waals surface area contributed by atoms with Crippen molar-refractivity contribution in [3.63, 3.8) is 0 Å². The molecule has 3 aliphatic carbocycles. The Balaban J connectivity index is 2.14. The smallest absolute Gasteiger partial charge is 0.0633 e. The van der Waals surface area contributed by atoms with E-state index in [1.165, 1.54) is 0 Å². The van der Waals surface area contributed by atoms with Crippen LogP contribution in [0.4, 0.5) is 0 Å². The van der Waals surface area contributed by atoms with Crippen molar-refractivity contribution in [2.75, 3.05) is 0 Å². The molecule has 3 fully saturated rings. The lowest BCUT2D eigenvalue weighted by atomic mass is 9.67. The molecule has 0 heterocycles. The molecule has 17 heavy (non-hydrogen) atoms. The molecule has 4 bridgehead atoms. The van der Waals surface area contributed by atoms with Crippen LogP contribution in [0, 0.1) is 28.6 Å². The highest BCUT2D eigenvalue weighted by atomic mass is 16.3. The van der Waals surface area contributed by atoms with Crippen molar-refractivity contribution in [1.29, 1.82) is 0 Å². The van der Waals surface area contributed by atoms with E-state index < -0.39 is 0 Å². The van der Waals surface area contributed by atoms with E-state index in [0.29, 0.717) is 11.8 Å².